The second-order valence-corrected chi connectivity index (χ2v) is 3.69. The fourth-order valence-electron chi connectivity index (χ4n) is 1.53. The van der Waals surface area contributed by atoms with E-state index in [1.165, 1.54) is 11.6 Å². The summed E-state index contributed by atoms with van der Waals surface area (Å²) in [6.07, 6.45) is 5.17. The van der Waals surface area contributed by atoms with Gasteiger partial charge in [0, 0.05) is 6.08 Å². The third-order valence-electron chi connectivity index (χ3n) is 2.25. The lowest BCUT2D eigenvalue weighted by molar-refractivity contribution is -0.115. The SMILES string of the molecule is CCCc1ccccc1/C=C/C(=O)NC(=N)N. The molecular formula is C13H17N3O. The number of nitrogens with one attached hydrogen (secondary N) is 2. The molecule has 0 aliphatic carbocycles. The first kappa shape index (κ1) is 13.0. The molecule has 0 spiro atoms. The number of guanidine groups is 1. The quantitative estimate of drug-likeness (QED) is 0.418. The summed E-state index contributed by atoms with van der Waals surface area (Å²) in [5.74, 6) is -0.731. The number of amides is 1. The topological polar surface area (TPSA) is 79.0 Å². The normalized spacial score (nSPS) is 10.4. The predicted molar refractivity (Wildman–Crippen MR) is 69.5 cm³/mol. The van der Waals surface area contributed by atoms with Crippen molar-refractivity contribution in [3.63, 3.8) is 0 Å². The first-order valence-corrected chi connectivity index (χ1v) is 5.54. The Hall–Kier alpha value is -2.10. The minimum atomic E-state index is -0.385. The Kier molecular flexibility index (Phi) is 4.94. The Morgan fingerprint density at radius 1 is 1.47 bits per heavy atom. The molecule has 1 aromatic carbocycles. The lowest BCUT2D eigenvalue weighted by atomic mass is 10.0. The molecular weight excluding hydrogens is 214 g/mol. The van der Waals surface area contributed by atoms with Crippen molar-refractivity contribution in [3.05, 3.63) is 41.5 Å². The fourth-order valence-corrected chi connectivity index (χ4v) is 1.53. The lowest BCUT2D eigenvalue weighted by Gasteiger charge is -2.03. The third kappa shape index (κ3) is 4.51. The van der Waals surface area contributed by atoms with Gasteiger partial charge in [0.25, 0.3) is 5.91 Å². The molecule has 0 radical (unpaired) electrons. The number of hydrogen-bond acceptors (Lipinski definition) is 2. The molecule has 1 aromatic rings. The Morgan fingerprint density at radius 2 is 2.18 bits per heavy atom. The molecule has 0 aromatic heterocycles. The average molecular weight is 231 g/mol. The molecule has 0 aliphatic heterocycles. The monoisotopic (exact) mass is 231 g/mol. The van der Waals surface area contributed by atoms with Crippen molar-refractivity contribution in [2.45, 2.75) is 19.8 Å². The van der Waals surface area contributed by atoms with Gasteiger partial charge < -0.3 is 5.73 Å². The summed E-state index contributed by atoms with van der Waals surface area (Å²) in [4.78, 5) is 11.3. The summed E-state index contributed by atoms with van der Waals surface area (Å²) in [6, 6.07) is 7.92. The number of aryl methyl sites for hydroxylation is 1. The molecule has 0 saturated carbocycles. The van der Waals surface area contributed by atoms with E-state index in [-0.39, 0.29) is 11.9 Å². The maximum atomic E-state index is 11.3. The Balaban J connectivity index is 2.76. The van der Waals surface area contributed by atoms with Crippen molar-refractivity contribution < 1.29 is 4.79 Å². The van der Waals surface area contributed by atoms with Gasteiger partial charge in [-0.1, -0.05) is 37.6 Å². The van der Waals surface area contributed by atoms with Crippen LogP contribution < -0.4 is 11.1 Å². The van der Waals surface area contributed by atoms with Gasteiger partial charge in [-0.05, 0) is 23.6 Å². The third-order valence-corrected chi connectivity index (χ3v) is 2.25. The predicted octanol–water partition coefficient (Wildman–Crippen LogP) is 1.66. The van der Waals surface area contributed by atoms with Crippen LogP contribution in [0.3, 0.4) is 0 Å². The van der Waals surface area contributed by atoms with Crippen LogP contribution >= 0.6 is 0 Å². The number of carbonyl (C=O) groups excluding carboxylic acids is 1. The highest BCUT2D eigenvalue weighted by atomic mass is 16.1. The van der Waals surface area contributed by atoms with Crippen molar-refractivity contribution in [1.29, 1.82) is 5.41 Å². The summed E-state index contributed by atoms with van der Waals surface area (Å²) < 4.78 is 0. The number of carbonyl (C=O) groups is 1. The van der Waals surface area contributed by atoms with Crippen LogP contribution in [0.1, 0.15) is 24.5 Å². The molecule has 4 nitrogen and oxygen atoms in total. The fraction of sp³-hybridized carbons (Fsp3) is 0.231. The summed E-state index contributed by atoms with van der Waals surface area (Å²) in [6.45, 7) is 2.11. The van der Waals surface area contributed by atoms with Gasteiger partial charge in [0.05, 0.1) is 0 Å². The molecule has 90 valence electrons. The highest BCUT2D eigenvalue weighted by Crippen LogP contribution is 2.12. The first-order chi connectivity index (χ1) is 8.13. The van der Waals surface area contributed by atoms with E-state index in [1.807, 2.05) is 24.3 Å². The van der Waals surface area contributed by atoms with Crippen LogP contribution in [0.25, 0.3) is 6.08 Å². The molecule has 0 aliphatic rings. The van der Waals surface area contributed by atoms with Crippen molar-refractivity contribution in [2.75, 3.05) is 0 Å². The maximum Gasteiger partial charge on any atom is 0.250 e. The van der Waals surface area contributed by atoms with Gasteiger partial charge in [0.15, 0.2) is 5.96 Å². The molecule has 0 saturated heterocycles. The first-order valence-electron chi connectivity index (χ1n) is 5.54. The zero-order valence-corrected chi connectivity index (χ0v) is 9.86. The molecule has 17 heavy (non-hydrogen) atoms. The number of nitrogens with two attached hydrogens (primary N) is 1. The minimum absolute atomic E-state index is 0.346. The van der Waals surface area contributed by atoms with Crippen LogP contribution in [0.5, 0.6) is 0 Å². The van der Waals surface area contributed by atoms with E-state index in [0.29, 0.717) is 0 Å². The van der Waals surface area contributed by atoms with Gasteiger partial charge >= 0.3 is 0 Å². The number of hydrogen-bond donors (Lipinski definition) is 3. The van der Waals surface area contributed by atoms with Gasteiger partial charge in [-0.15, -0.1) is 0 Å². The van der Waals surface area contributed by atoms with Crippen LogP contribution in [0.4, 0.5) is 0 Å². The molecule has 1 amide bonds. The Labute approximate surface area is 101 Å². The zero-order valence-electron chi connectivity index (χ0n) is 9.86. The molecule has 0 unspecified atom stereocenters. The number of rotatable bonds is 4. The standard InChI is InChI=1S/C13H17N3O/c1-2-5-10-6-3-4-7-11(10)8-9-12(17)16-13(14)15/h3-4,6-9H,2,5H2,1H3,(H4,14,15,16,17)/b9-8+. The van der Waals surface area contributed by atoms with E-state index in [0.717, 1.165) is 18.4 Å². The van der Waals surface area contributed by atoms with Gasteiger partial charge in [0.2, 0.25) is 0 Å². The van der Waals surface area contributed by atoms with Crippen LogP contribution in [0.15, 0.2) is 30.3 Å². The van der Waals surface area contributed by atoms with Crippen molar-refractivity contribution in [3.8, 4) is 0 Å². The molecule has 4 N–H and O–H groups in total. The molecule has 4 heteroatoms. The average Bonchev–Trinajstić information content (AvgIpc) is 2.27. The summed E-state index contributed by atoms with van der Waals surface area (Å²) in [5.41, 5.74) is 7.29. The largest absolute Gasteiger partial charge is 0.370 e. The second-order valence-electron chi connectivity index (χ2n) is 3.69. The van der Waals surface area contributed by atoms with Crippen molar-refractivity contribution in [2.24, 2.45) is 5.73 Å². The Bertz CT molecular complexity index is 438. The van der Waals surface area contributed by atoms with E-state index in [4.69, 9.17) is 11.1 Å². The summed E-state index contributed by atoms with van der Waals surface area (Å²) in [5, 5.41) is 9.13. The van der Waals surface area contributed by atoms with Crippen LogP contribution in [0, 0.1) is 5.41 Å². The zero-order chi connectivity index (χ0) is 12.7. The van der Waals surface area contributed by atoms with Crippen LogP contribution in [-0.2, 0) is 11.2 Å². The van der Waals surface area contributed by atoms with E-state index in [1.54, 1.807) is 6.08 Å². The van der Waals surface area contributed by atoms with Gasteiger partial charge in [-0.25, -0.2) is 0 Å². The summed E-state index contributed by atoms with van der Waals surface area (Å²) >= 11 is 0. The Morgan fingerprint density at radius 3 is 2.82 bits per heavy atom. The molecule has 0 atom stereocenters. The van der Waals surface area contributed by atoms with E-state index in [9.17, 15) is 4.79 Å². The molecule has 0 bridgehead atoms. The molecule has 0 heterocycles. The highest BCUT2D eigenvalue weighted by molar-refractivity contribution is 6.02. The van der Waals surface area contributed by atoms with E-state index < -0.39 is 0 Å². The van der Waals surface area contributed by atoms with Gasteiger partial charge in [-0.3, -0.25) is 15.5 Å². The van der Waals surface area contributed by atoms with E-state index >= 15 is 0 Å². The molecule has 1 rings (SSSR count). The maximum absolute atomic E-state index is 11.3. The lowest BCUT2D eigenvalue weighted by Crippen LogP contribution is -2.34. The van der Waals surface area contributed by atoms with Crippen molar-refractivity contribution in [1.82, 2.24) is 5.32 Å². The van der Waals surface area contributed by atoms with Gasteiger partial charge in [-0.2, -0.15) is 0 Å². The number of benzene rings is 1. The van der Waals surface area contributed by atoms with Crippen molar-refractivity contribution >= 4 is 17.9 Å². The van der Waals surface area contributed by atoms with E-state index in [2.05, 4.69) is 12.2 Å². The minimum Gasteiger partial charge on any atom is -0.370 e. The van der Waals surface area contributed by atoms with Crippen LogP contribution in [0.2, 0.25) is 0 Å². The summed E-state index contributed by atoms with van der Waals surface area (Å²) in [7, 11) is 0. The van der Waals surface area contributed by atoms with Gasteiger partial charge in [0.1, 0.15) is 0 Å². The highest BCUT2D eigenvalue weighted by Gasteiger charge is 1.99. The second kappa shape index (κ2) is 6.48. The smallest absolute Gasteiger partial charge is 0.250 e. The van der Waals surface area contributed by atoms with Crippen LogP contribution in [-0.4, -0.2) is 11.9 Å². The molecule has 0 fully saturated rings.